The van der Waals surface area contributed by atoms with Gasteiger partial charge in [-0.25, -0.2) is 0 Å². The summed E-state index contributed by atoms with van der Waals surface area (Å²) in [5.41, 5.74) is 4.14. The molecule has 148 valence electrons. The summed E-state index contributed by atoms with van der Waals surface area (Å²) in [5.74, 6) is -0.231. The van der Waals surface area contributed by atoms with Crippen LogP contribution in [0.15, 0.2) is 75.9 Å². The van der Waals surface area contributed by atoms with Crippen LogP contribution in [-0.4, -0.2) is 5.91 Å². The van der Waals surface area contributed by atoms with Crippen LogP contribution in [0.2, 0.25) is 5.02 Å². The number of benzene rings is 3. The van der Waals surface area contributed by atoms with Gasteiger partial charge in [0.2, 0.25) is 5.76 Å². The zero-order valence-electron chi connectivity index (χ0n) is 16.5. The van der Waals surface area contributed by atoms with E-state index in [9.17, 15) is 9.59 Å². The quantitative estimate of drug-likeness (QED) is 0.415. The van der Waals surface area contributed by atoms with Crippen molar-refractivity contribution in [3.63, 3.8) is 0 Å². The smallest absolute Gasteiger partial charge is 0.295 e. The third-order valence-corrected chi connectivity index (χ3v) is 5.78. The van der Waals surface area contributed by atoms with Gasteiger partial charge in [0.1, 0.15) is 5.58 Å². The van der Waals surface area contributed by atoms with Crippen molar-refractivity contribution in [1.82, 2.24) is 0 Å². The fraction of sp³-hybridized carbons (Fsp3) is 0.120. The highest BCUT2D eigenvalue weighted by Crippen LogP contribution is 2.41. The van der Waals surface area contributed by atoms with Gasteiger partial charge in [0, 0.05) is 10.7 Å². The Morgan fingerprint density at radius 1 is 0.867 bits per heavy atom. The van der Waals surface area contributed by atoms with Gasteiger partial charge in [-0.15, -0.1) is 0 Å². The average molecular weight is 416 g/mol. The highest BCUT2D eigenvalue weighted by Gasteiger charge is 2.43. The van der Waals surface area contributed by atoms with Crippen molar-refractivity contribution in [2.45, 2.75) is 19.9 Å². The molecule has 4 aromatic rings. The number of aryl methyl sites for hydroxylation is 2. The Morgan fingerprint density at radius 2 is 1.53 bits per heavy atom. The van der Waals surface area contributed by atoms with Gasteiger partial charge in [-0.1, -0.05) is 53.1 Å². The van der Waals surface area contributed by atoms with E-state index >= 15 is 0 Å². The molecule has 1 aliphatic heterocycles. The van der Waals surface area contributed by atoms with E-state index in [4.69, 9.17) is 16.0 Å². The fourth-order valence-electron chi connectivity index (χ4n) is 4.02. The predicted molar refractivity (Wildman–Crippen MR) is 119 cm³/mol. The molecule has 0 saturated carbocycles. The first kappa shape index (κ1) is 18.6. The molecule has 1 aromatic heterocycles. The summed E-state index contributed by atoms with van der Waals surface area (Å²) in [7, 11) is 0. The normalized spacial score (nSPS) is 15.6. The Kier molecular flexibility index (Phi) is 4.26. The van der Waals surface area contributed by atoms with Crippen molar-refractivity contribution in [2.24, 2.45) is 0 Å². The second kappa shape index (κ2) is 6.85. The van der Waals surface area contributed by atoms with Gasteiger partial charge < -0.3 is 4.42 Å². The van der Waals surface area contributed by atoms with E-state index in [1.165, 1.54) is 0 Å². The van der Waals surface area contributed by atoms with Crippen LogP contribution in [0.4, 0.5) is 5.69 Å². The minimum atomic E-state index is -0.589. The van der Waals surface area contributed by atoms with Crippen molar-refractivity contribution in [3.05, 3.63) is 110 Å². The summed E-state index contributed by atoms with van der Waals surface area (Å²) in [5, 5.41) is 1.07. The van der Waals surface area contributed by atoms with E-state index in [0.29, 0.717) is 27.2 Å². The topological polar surface area (TPSA) is 50.5 Å². The van der Waals surface area contributed by atoms with Gasteiger partial charge in [0.25, 0.3) is 5.91 Å². The Morgan fingerprint density at radius 3 is 2.23 bits per heavy atom. The minimum absolute atomic E-state index is 0.0943. The Hall–Kier alpha value is -3.37. The van der Waals surface area contributed by atoms with Gasteiger partial charge in [-0.05, 0) is 55.8 Å². The van der Waals surface area contributed by atoms with Crippen molar-refractivity contribution >= 4 is 34.2 Å². The van der Waals surface area contributed by atoms with E-state index in [2.05, 4.69) is 0 Å². The van der Waals surface area contributed by atoms with Crippen LogP contribution >= 0.6 is 11.6 Å². The molecule has 0 spiro atoms. The summed E-state index contributed by atoms with van der Waals surface area (Å²) >= 11 is 6.08. The van der Waals surface area contributed by atoms with Crippen LogP contribution in [0.3, 0.4) is 0 Å². The highest BCUT2D eigenvalue weighted by atomic mass is 35.5. The third kappa shape index (κ3) is 2.84. The van der Waals surface area contributed by atoms with Crippen molar-refractivity contribution in [1.29, 1.82) is 0 Å². The fourth-order valence-corrected chi connectivity index (χ4v) is 4.14. The van der Waals surface area contributed by atoms with Gasteiger partial charge in [-0.3, -0.25) is 14.5 Å². The number of hydrogen-bond donors (Lipinski definition) is 0. The lowest BCUT2D eigenvalue weighted by atomic mass is 9.98. The molecule has 0 aliphatic carbocycles. The van der Waals surface area contributed by atoms with E-state index in [1.54, 1.807) is 29.2 Å². The number of rotatable bonds is 2. The zero-order chi connectivity index (χ0) is 21.0. The van der Waals surface area contributed by atoms with Crippen LogP contribution in [-0.2, 0) is 0 Å². The molecule has 4 nitrogen and oxygen atoms in total. The first-order valence-electron chi connectivity index (χ1n) is 9.67. The van der Waals surface area contributed by atoms with Gasteiger partial charge >= 0.3 is 0 Å². The minimum Gasteiger partial charge on any atom is -0.450 e. The molecule has 0 saturated heterocycles. The zero-order valence-corrected chi connectivity index (χ0v) is 17.2. The Labute approximate surface area is 178 Å². The molecule has 2 heterocycles. The molecule has 1 amide bonds. The monoisotopic (exact) mass is 415 g/mol. The number of carbonyl (C=O) groups excluding carboxylic acids is 1. The van der Waals surface area contributed by atoms with Crippen LogP contribution in [0.25, 0.3) is 11.0 Å². The standard InChI is InChI=1S/C25H18ClNO3/c1-14-3-10-18(11-4-14)27-22(16-6-8-17(26)9-7-16)21-23(28)19-13-15(2)5-12-20(19)30-24(21)25(27)29/h3-13,22H,1-2H3. The second-order valence-corrected chi connectivity index (χ2v) is 8.07. The summed E-state index contributed by atoms with van der Waals surface area (Å²) in [6, 6.07) is 19.7. The molecule has 1 atom stereocenters. The van der Waals surface area contributed by atoms with Gasteiger partial charge in [0.05, 0.1) is 17.0 Å². The maximum Gasteiger partial charge on any atom is 0.295 e. The van der Waals surface area contributed by atoms with E-state index in [-0.39, 0.29) is 17.1 Å². The molecule has 3 aromatic carbocycles. The summed E-state index contributed by atoms with van der Waals surface area (Å²) in [6.07, 6.45) is 0. The lowest BCUT2D eigenvalue weighted by molar-refractivity contribution is 0.0971. The van der Waals surface area contributed by atoms with Crippen LogP contribution in [0, 0.1) is 13.8 Å². The molecule has 0 fully saturated rings. The molecular weight excluding hydrogens is 398 g/mol. The lowest BCUT2D eigenvalue weighted by Crippen LogP contribution is -2.29. The Balaban J connectivity index is 1.81. The molecule has 0 radical (unpaired) electrons. The molecule has 5 heteroatoms. The molecule has 0 bridgehead atoms. The summed E-state index contributed by atoms with van der Waals surface area (Å²) in [6.45, 7) is 3.91. The van der Waals surface area contributed by atoms with Crippen LogP contribution in [0.1, 0.15) is 38.9 Å². The molecule has 5 rings (SSSR count). The van der Waals surface area contributed by atoms with Gasteiger partial charge in [-0.2, -0.15) is 0 Å². The Bertz CT molecular complexity index is 1350. The number of anilines is 1. The van der Waals surface area contributed by atoms with Gasteiger partial charge in [0.15, 0.2) is 5.43 Å². The van der Waals surface area contributed by atoms with E-state index in [1.807, 2.05) is 56.3 Å². The second-order valence-electron chi connectivity index (χ2n) is 7.64. The van der Waals surface area contributed by atoms with E-state index < -0.39 is 6.04 Å². The van der Waals surface area contributed by atoms with Crippen LogP contribution in [0.5, 0.6) is 0 Å². The third-order valence-electron chi connectivity index (χ3n) is 5.52. The molecule has 1 aliphatic rings. The van der Waals surface area contributed by atoms with E-state index in [0.717, 1.165) is 16.7 Å². The molecule has 1 unspecified atom stereocenters. The largest absolute Gasteiger partial charge is 0.450 e. The average Bonchev–Trinajstić information content (AvgIpc) is 3.03. The van der Waals surface area contributed by atoms with Crippen molar-refractivity contribution in [2.75, 3.05) is 4.90 Å². The maximum absolute atomic E-state index is 13.5. The van der Waals surface area contributed by atoms with Crippen LogP contribution < -0.4 is 10.3 Å². The number of halogens is 1. The number of amides is 1. The lowest BCUT2D eigenvalue weighted by Gasteiger charge is -2.25. The van der Waals surface area contributed by atoms with Crippen molar-refractivity contribution < 1.29 is 9.21 Å². The SMILES string of the molecule is Cc1ccc(N2C(=O)c3oc4ccc(C)cc4c(=O)c3C2c2ccc(Cl)cc2)cc1. The summed E-state index contributed by atoms with van der Waals surface area (Å²) < 4.78 is 5.99. The molecule has 30 heavy (non-hydrogen) atoms. The predicted octanol–water partition coefficient (Wildman–Crippen LogP) is 5.81. The number of carbonyl (C=O) groups is 1. The molecular formula is C25H18ClNO3. The number of nitrogens with zero attached hydrogens (tertiary/aromatic N) is 1. The number of hydrogen-bond acceptors (Lipinski definition) is 3. The number of fused-ring (bicyclic) bond motifs is 2. The summed E-state index contributed by atoms with van der Waals surface area (Å²) in [4.78, 5) is 28.6. The first-order chi connectivity index (χ1) is 14.4. The maximum atomic E-state index is 13.5. The molecule has 0 N–H and O–H groups in total. The highest BCUT2D eigenvalue weighted by molar-refractivity contribution is 6.30. The van der Waals surface area contributed by atoms with Crippen molar-refractivity contribution in [3.8, 4) is 0 Å². The first-order valence-corrected chi connectivity index (χ1v) is 10.0.